The van der Waals surface area contributed by atoms with Crippen molar-refractivity contribution in [1.29, 1.82) is 0 Å². The van der Waals surface area contributed by atoms with Crippen molar-refractivity contribution in [1.82, 2.24) is 24.8 Å². The zero-order valence-corrected chi connectivity index (χ0v) is 14.4. The largest absolute Gasteiger partial charge is 0.368 e. The molecular formula is C17H17F2N7O. The van der Waals surface area contributed by atoms with Crippen LogP contribution in [-0.2, 0) is 0 Å². The van der Waals surface area contributed by atoms with E-state index in [1.807, 2.05) is 11.5 Å². The second kappa shape index (κ2) is 8.21. The zero-order valence-electron chi connectivity index (χ0n) is 14.4. The number of rotatable bonds is 6. The SMILES string of the molecule is Cc1nccn1-c1cc(NCCNC(=O)Nc2c(F)cccc2F)ncn1. The normalized spacial score (nSPS) is 10.5. The molecule has 0 saturated carbocycles. The number of imidazole rings is 1. The van der Waals surface area contributed by atoms with Gasteiger partial charge in [-0.3, -0.25) is 4.57 Å². The van der Waals surface area contributed by atoms with Gasteiger partial charge in [0.25, 0.3) is 0 Å². The maximum atomic E-state index is 13.5. The van der Waals surface area contributed by atoms with Gasteiger partial charge < -0.3 is 16.0 Å². The Morgan fingerprint density at radius 2 is 1.93 bits per heavy atom. The van der Waals surface area contributed by atoms with Crippen molar-refractivity contribution >= 4 is 17.5 Å². The zero-order chi connectivity index (χ0) is 19.2. The first-order chi connectivity index (χ1) is 13.0. The molecule has 0 aliphatic heterocycles. The smallest absolute Gasteiger partial charge is 0.319 e. The number of carbonyl (C=O) groups is 1. The number of aromatic nitrogens is 4. The Labute approximate surface area is 153 Å². The number of hydrogen-bond donors (Lipinski definition) is 3. The molecule has 0 bridgehead atoms. The second-order valence-corrected chi connectivity index (χ2v) is 5.51. The van der Waals surface area contributed by atoms with E-state index in [1.54, 1.807) is 18.5 Å². The lowest BCUT2D eigenvalue weighted by Gasteiger charge is -2.10. The molecule has 0 spiro atoms. The number of benzene rings is 1. The van der Waals surface area contributed by atoms with Crippen LogP contribution in [0.15, 0.2) is 43.0 Å². The molecule has 10 heteroatoms. The maximum absolute atomic E-state index is 13.5. The summed E-state index contributed by atoms with van der Waals surface area (Å²) in [4.78, 5) is 24.2. The van der Waals surface area contributed by atoms with Gasteiger partial charge in [-0.25, -0.2) is 28.5 Å². The highest BCUT2D eigenvalue weighted by atomic mass is 19.1. The molecule has 0 aliphatic carbocycles. The Hall–Kier alpha value is -3.56. The van der Waals surface area contributed by atoms with Crippen LogP contribution in [-0.4, -0.2) is 38.6 Å². The lowest BCUT2D eigenvalue weighted by Crippen LogP contribution is -2.33. The first-order valence-electron chi connectivity index (χ1n) is 8.09. The molecule has 2 aromatic heterocycles. The monoisotopic (exact) mass is 373 g/mol. The van der Waals surface area contributed by atoms with Crippen molar-refractivity contribution in [3.05, 3.63) is 60.4 Å². The standard InChI is InChI=1S/C17H17F2N7O/c1-11-20-7-8-26(11)15-9-14(23-10-24-15)21-5-6-22-17(27)25-16-12(18)3-2-4-13(16)19/h2-4,7-10H,5-6H2,1H3,(H,21,23,24)(H2,22,25,27). The minimum atomic E-state index is -0.841. The van der Waals surface area contributed by atoms with Crippen molar-refractivity contribution in [2.24, 2.45) is 0 Å². The van der Waals surface area contributed by atoms with E-state index >= 15 is 0 Å². The summed E-state index contributed by atoms with van der Waals surface area (Å²) in [5.41, 5.74) is -0.487. The maximum Gasteiger partial charge on any atom is 0.319 e. The fourth-order valence-electron chi connectivity index (χ4n) is 2.34. The lowest BCUT2D eigenvalue weighted by atomic mass is 10.3. The molecule has 140 valence electrons. The summed E-state index contributed by atoms with van der Waals surface area (Å²) in [5.74, 6) is 0.329. The number of aryl methyl sites for hydroxylation is 1. The van der Waals surface area contributed by atoms with Gasteiger partial charge in [0.15, 0.2) is 0 Å². The number of nitrogens with one attached hydrogen (secondary N) is 3. The first-order valence-corrected chi connectivity index (χ1v) is 8.09. The van der Waals surface area contributed by atoms with Crippen LogP contribution in [0, 0.1) is 18.6 Å². The molecule has 2 amide bonds. The Bertz CT molecular complexity index is 924. The molecule has 0 radical (unpaired) electrons. The van der Waals surface area contributed by atoms with Gasteiger partial charge in [-0.2, -0.15) is 0 Å². The number of amides is 2. The van der Waals surface area contributed by atoms with Gasteiger partial charge in [0.1, 0.15) is 41.1 Å². The Balaban J connectivity index is 1.49. The third kappa shape index (κ3) is 4.54. The first kappa shape index (κ1) is 18.2. The van der Waals surface area contributed by atoms with E-state index in [0.29, 0.717) is 18.2 Å². The minimum absolute atomic E-state index is 0.214. The average molecular weight is 373 g/mol. The van der Waals surface area contributed by atoms with Crippen molar-refractivity contribution in [2.45, 2.75) is 6.92 Å². The van der Waals surface area contributed by atoms with Crippen LogP contribution in [0.25, 0.3) is 5.82 Å². The molecule has 0 aliphatic rings. The van der Waals surface area contributed by atoms with Crippen LogP contribution in [0.1, 0.15) is 5.82 Å². The van der Waals surface area contributed by atoms with Crippen LogP contribution in [0.4, 0.5) is 25.1 Å². The number of halogens is 2. The third-order valence-electron chi connectivity index (χ3n) is 3.64. The average Bonchev–Trinajstić information content (AvgIpc) is 3.08. The van der Waals surface area contributed by atoms with Crippen molar-refractivity contribution < 1.29 is 13.6 Å². The van der Waals surface area contributed by atoms with E-state index in [1.165, 1.54) is 12.4 Å². The molecule has 3 aromatic rings. The predicted octanol–water partition coefficient (Wildman–Crippen LogP) is 2.48. The van der Waals surface area contributed by atoms with E-state index in [9.17, 15) is 13.6 Å². The number of anilines is 2. The van der Waals surface area contributed by atoms with Crippen LogP contribution >= 0.6 is 0 Å². The summed E-state index contributed by atoms with van der Waals surface area (Å²) < 4.78 is 28.8. The molecule has 1 aromatic carbocycles. The van der Waals surface area contributed by atoms with Gasteiger partial charge in [-0.15, -0.1) is 0 Å². The molecule has 2 heterocycles. The number of nitrogens with zero attached hydrogens (tertiary/aromatic N) is 4. The van der Waals surface area contributed by atoms with Gasteiger partial charge in [-0.05, 0) is 19.1 Å². The second-order valence-electron chi connectivity index (χ2n) is 5.51. The fourth-order valence-corrected chi connectivity index (χ4v) is 2.34. The molecular weight excluding hydrogens is 356 g/mol. The van der Waals surface area contributed by atoms with E-state index in [0.717, 1.165) is 18.0 Å². The highest BCUT2D eigenvalue weighted by molar-refractivity contribution is 5.89. The van der Waals surface area contributed by atoms with Crippen LogP contribution in [0.5, 0.6) is 0 Å². The van der Waals surface area contributed by atoms with E-state index < -0.39 is 23.4 Å². The minimum Gasteiger partial charge on any atom is -0.368 e. The summed E-state index contributed by atoms with van der Waals surface area (Å²) in [6.07, 6.45) is 4.87. The van der Waals surface area contributed by atoms with Crippen LogP contribution in [0.2, 0.25) is 0 Å². The summed E-state index contributed by atoms with van der Waals surface area (Å²) >= 11 is 0. The van der Waals surface area contributed by atoms with Gasteiger partial charge in [0, 0.05) is 31.5 Å². The van der Waals surface area contributed by atoms with E-state index in [4.69, 9.17) is 0 Å². The molecule has 8 nitrogen and oxygen atoms in total. The predicted molar refractivity (Wildman–Crippen MR) is 95.8 cm³/mol. The van der Waals surface area contributed by atoms with Gasteiger partial charge in [0.2, 0.25) is 0 Å². The van der Waals surface area contributed by atoms with Crippen LogP contribution in [0.3, 0.4) is 0 Å². The molecule has 0 atom stereocenters. The molecule has 27 heavy (non-hydrogen) atoms. The number of para-hydroxylation sites is 1. The summed E-state index contributed by atoms with van der Waals surface area (Å²) in [6, 6.07) is 4.38. The summed E-state index contributed by atoms with van der Waals surface area (Å²) in [5, 5.41) is 7.68. The number of urea groups is 1. The van der Waals surface area contributed by atoms with Gasteiger partial charge >= 0.3 is 6.03 Å². The topological polar surface area (TPSA) is 96.8 Å². The third-order valence-corrected chi connectivity index (χ3v) is 3.64. The van der Waals surface area contributed by atoms with Crippen LogP contribution < -0.4 is 16.0 Å². The molecule has 0 saturated heterocycles. The van der Waals surface area contributed by atoms with Gasteiger partial charge in [0.05, 0.1) is 0 Å². The van der Waals surface area contributed by atoms with Gasteiger partial charge in [-0.1, -0.05) is 6.07 Å². The summed E-state index contributed by atoms with van der Waals surface area (Å²) in [6.45, 7) is 2.42. The highest BCUT2D eigenvalue weighted by Gasteiger charge is 2.11. The highest BCUT2D eigenvalue weighted by Crippen LogP contribution is 2.17. The van der Waals surface area contributed by atoms with E-state index in [2.05, 4.69) is 30.9 Å². The Kier molecular flexibility index (Phi) is 5.55. The molecule has 3 N–H and O–H groups in total. The molecule has 0 fully saturated rings. The Morgan fingerprint density at radius 3 is 2.63 bits per heavy atom. The molecule has 3 rings (SSSR count). The Morgan fingerprint density at radius 1 is 1.15 bits per heavy atom. The molecule has 0 unspecified atom stereocenters. The fraction of sp³-hybridized carbons (Fsp3) is 0.176. The van der Waals surface area contributed by atoms with Crippen molar-refractivity contribution in [3.63, 3.8) is 0 Å². The number of carbonyl (C=O) groups excluding carboxylic acids is 1. The van der Waals surface area contributed by atoms with Crippen molar-refractivity contribution in [3.8, 4) is 5.82 Å². The van der Waals surface area contributed by atoms with E-state index in [-0.39, 0.29) is 6.54 Å². The number of hydrogen-bond acceptors (Lipinski definition) is 5. The summed E-state index contributed by atoms with van der Waals surface area (Å²) in [7, 11) is 0. The lowest BCUT2D eigenvalue weighted by molar-refractivity contribution is 0.252. The quantitative estimate of drug-likeness (QED) is 0.577. The van der Waals surface area contributed by atoms with Crippen molar-refractivity contribution in [2.75, 3.05) is 23.7 Å².